The van der Waals surface area contributed by atoms with Crippen LogP contribution in [-0.2, 0) is 59.1 Å². The van der Waals surface area contributed by atoms with Crippen LogP contribution in [0.3, 0.4) is 0 Å². The van der Waals surface area contributed by atoms with Crippen LogP contribution in [0, 0.1) is 0 Å². The Labute approximate surface area is 380 Å². The molecule has 2 atom stereocenters. The van der Waals surface area contributed by atoms with Crippen LogP contribution in [0.2, 0.25) is 0 Å². The molecule has 0 radical (unpaired) electrons. The van der Waals surface area contributed by atoms with Crippen LogP contribution in [0.4, 0.5) is 14.4 Å². The van der Waals surface area contributed by atoms with E-state index >= 15 is 0 Å². The zero-order chi connectivity index (χ0) is 48.0. The zero-order valence-corrected chi connectivity index (χ0v) is 36.4. The number of phenols is 1. The fourth-order valence-corrected chi connectivity index (χ4v) is 5.91. The molecule has 3 amide bonds. The fourth-order valence-electron chi connectivity index (χ4n) is 5.91. The molecular formula is C48H51N3O15. The standard InChI is InChI=1S/C48H51N3O15/c1-30(2)43(55)50-40(42(54)7-5-6-32-10-18-37(19-11-32)64-46(58)61-28-52)26-35-14-22-39(23-15-35)66-48(60)63-29-62-47(59)65-38-20-12-33(13-21-38)24-25-49-45(57)41(51-44(56)31(3)4)27-34-8-16-36(53)17-9-34/h8-23,40-41,52-53H,1,3,5-7,24-29H2,2,4H3,(H,49,57)(H,50,55)(H,51,56)/t40-,41-/m0/s1. The van der Waals surface area contributed by atoms with Crippen molar-refractivity contribution in [3.05, 3.63) is 144 Å². The number of aliphatic hydroxyl groups is 1. The van der Waals surface area contributed by atoms with Crippen molar-refractivity contribution >= 4 is 42.0 Å². The van der Waals surface area contributed by atoms with Gasteiger partial charge in [-0.1, -0.05) is 61.7 Å². The number of aliphatic hydroxyl groups excluding tert-OH is 1. The highest BCUT2D eigenvalue weighted by atomic mass is 16.8. The number of aromatic hydroxyl groups is 1. The van der Waals surface area contributed by atoms with Crippen LogP contribution in [-0.4, -0.2) is 84.4 Å². The monoisotopic (exact) mass is 909 g/mol. The summed E-state index contributed by atoms with van der Waals surface area (Å²) in [5, 5.41) is 26.4. The Balaban J connectivity index is 1.17. The first-order valence-electron chi connectivity index (χ1n) is 20.5. The highest BCUT2D eigenvalue weighted by molar-refractivity contribution is 5.97. The van der Waals surface area contributed by atoms with E-state index in [4.69, 9.17) is 28.8 Å². The molecule has 0 heterocycles. The topological polar surface area (TPSA) is 251 Å². The SMILES string of the molecule is C=C(C)C(=O)N[C@@H](Cc1ccc(OC(=O)OCOC(=O)Oc2ccc(CCNC(=O)[C@H](Cc3ccc(O)cc3)NC(=O)C(=C)C)cc2)cc1)C(=O)CCCc1ccc(OC(=O)OCO)cc1. The Morgan fingerprint density at radius 1 is 0.561 bits per heavy atom. The molecule has 0 aliphatic rings. The molecule has 0 unspecified atom stereocenters. The molecule has 4 aromatic carbocycles. The lowest BCUT2D eigenvalue weighted by Crippen LogP contribution is -2.48. The quantitative estimate of drug-likeness (QED) is 0.0259. The predicted molar refractivity (Wildman–Crippen MR) is 236 cm³/mol. The Hall–Kier alpha value is -7.99. The first-order valence-corrected chi connectivity index (χ1v) is 20.5. The fraction of sp³-hybridized carbons (Fsp3) is 0.271. The van der Waals surface area contributed by atoms with E-state index in [0.717, 1.165) is 16.7 Å². The molecule has 5 N–H and O–H groups in total. The summed E-state index contributed by atoms with van der Waals surface area (Å²) < 4.78 is 29.1. The van der Waals surface area contributed by atoms with Gasteiger partial charge in [-0.3, -0.25) is 19.2 Å². The minimum Gasteiger partial charge on any atom is -0.508 e. The highest BCUT2D eigenvalue weighted by Crippen LogP contribution is 2.19. The lowest BCUT2D eigenvalue weighted by atomic mass is 9.97. The number of hydrogen-bond acceptors (Lipinski definition) is 15. The van der Waals surface area contributed by atoms with Gasteiger partial charge in [0.2, 0.25) is 24.5 Å². The molecular weight excluding hydrogens is 859 g/mol. The first kappa shape index (κ1) is 50.7. The summed E-state index contributed by atoms with van der Waals surface area (Å²) in [7, 11) is 0. The third kappa shape index (κ3) is 18.0. The molecule has 0 saturated heterocycles. The van der Waals surface area contributed by atoms with E-state index in [-0.39, 0.29) is 65.7 Å². The van der Waals surface area contributed by atoms with Gasteiger partial charge in [0.25, 0.3) is 0 Å². The number of amides is 3. The Morgan fingerprint density at radius 2 is 0.970 bits per heavy atom. The molecule has 0 aliphatic carbocycles. The minimum absolute atomic E-state index is 0.0776. The Morgan fingerprint density at radius 3 is 1.44 bits per heavy atom. The molecule has 18 heteroatoms. The average Bonchev–Trinajstić information content (AvgIpc) is 3.28. The van der Waals surface area contributed by atoms with Crippen LogP contribution in [0.15, 0.2) is 121 Å². The largest absolute Gasteiger partial charge is 0.516 e. The van der Waals surface area contributed by atoms with E-state index in [2.05, 4.69) is 33.8 Å². The van der Waals surface area contributed by atoms with Gasteiger partial charge >= 0.3 is 18.5 Å². The summed E-state index contributed by atoms with van der Waals surface area (Å²) in [5.74, 6) is -1.03. The number of carbonyl (C=O) groups is 7. The van der Waals surface area contributed by atoms with Crippen molar-refractivity contribution in [2.24, 2.45) is 0 Å². The molecule has 66 heavy (non-hydrogen) atoms. The van der Waals surface area contributed by atoms with Crippen molar-refractivity contribution in [1.82, 2.24) is 16.0 Å². The minimum atomic E-state index is -1.18. The summed E-state index contributed by atoms with van der Waals surface area (Å²) in [4.78, 5) is 86.9. The van der Waals surface area contributed by atoms with Crippen molar-refractivity contribution < 1.29 is 72.2 Å². The van der Waals surface area contributed by atoms with Gasteiger partial charge in [-0.25, -0.2) is 14.4 Å². The lowest BCUT2D eigenvalue weighted by molar-refractivity contribution is -0.127. The molecule has 18 nitrogen and oxygen atoms in total. The molecule has 348 valence electrons. The molecule has 0 spiro atoms. The van der Waals surface area contributed by atoms with Gasteiger partial charge in [0, 0.05) is 30.5 Å². The maximum atomic E-state index is 13.3. The zero-order valence-electron chi connectivity index (χ0n) is 36.4. The molecule has 4 aromatic rings. The van der Waals surface area contributed by atoms with Gasteiger partial charge in [0.15, 0.2) is 12.6 Å². The van der Waals surface area contributed by atoms with Crippen LogP contribution in [0.25, 0.3) is 0 Å². The smallest absolute Gasteiger partial charge is 0.508 e. The third-order valence-corrected chi connectivity index (χ3v) is 9.42. The molecule has 0 fully saturated rings. The van der Waals surface area contributed by atoms with E-state index in [1.54, 1.807) is 60.7 Å². The summed E-state index contributed by atoms with van der Waals surface area (Å²) in [6, 6.07) is 23.6. The maximum Gasteiger partial charge on any atom is 0.516 e. The summed E-state index contributed by atoms with van der Waals surface area (Å²) >= 11 is 0. The van der Waals surface area contributed by atoms with Crippen LogP contribution in [0.5, 0.6) is 23.0 Å². The molecule has 0 saturated carbocycles. The summed E-state index contributed by atoms with van der Waals surface area (Å²) in [6.45, 7) is 8.93. The van der Waals surface area contributed by atoms with Crippen molar-refractivity contribution in [3.8, 4) is 23.0 Å². The molecule has 4 rings (SSSR count). The average molecular weight is 910 g/mol. The third-order valence-electron chi connectivity index (χ3n) is 9.42. The predicted octanol–water partition coefficient (Wildman–Crippen LogP) is 5.70. The second-order valence-corrected chi connectivity index (χ2v) is 14.7. The van der Waals surface area contributed by atoms with Gasteiger partial charge < -0.3 is 54.6 Å². The van der Waals surface area contributed by atoms with E-state index in [0.29, 0.717) is 24.8 Å². The van der Waals surface area contributed by atoms with Crippen molar-refractivity contribution in [2.75, 3.05) is 20.1 Å². The molecule has 0 aliphatic heterocycles. The van der Waals surface area contributed by atoms with Gasteiger partial charge in [-0.15, -0.1) is 0 Å². The van der Waals surface area contributed by atoms with Crippen LogP contribution >= 0.6 is 0 Å². The van der Waals surface area contributed by atoms with Gasteiger partial charge in [0.1, 0.15) is 29.0 Å². The van der Waals surface area contributed by atoms with Crippen molar-refractivity contribution in [2.45, 2.75) is 64.5 Å². The number of ether oxygens (including phenoxy) is 6. The Bertz CT molecular complexity index is 2330. The van der Waals surface area contributed by atoms with Crippen molar-refractivity contribution in [3.63, 3.8) is 0 Å². The van der Waals surface area contributed by atoms with E-state index in [1.807, 2.05) is 0 Å². The second-order valence-electron chi connectivity index (χ2n) is 14.7. The summed E-state index contributed by atoms with van der Waals surface area (Å²) in [5.41, 5.74) is 3.53. The number of ketones is 1. The van der Waals surface area contributed by atoms with Gasteiger partial charge in [0.05, 0.1) is 6.04 Å². The van der Waals surface area contributed by atoms with E-state index in [1.165, 1.54) is 50.2 Å². The van der Waals surface area contributed by atoms with E-state index < -0.39 is 61.9 Å². The summed E-state index contributed by atoms with van der Waals surface area (Å²) in [6.07, 6.45) is -1.50. The number of phenolic OH excluding ortho intramolecular Hbond substituents is 1. The number of aryl methyl sites for hydroxylation is 1. The highest BCUT2D eigenvalue weighted by Gasteiger charge is 2.23. The number of hydrogen-bond donors (Lipinski definition) is 5. The number of benzene rings is 4. The van der Waals surface area contributed by atoms with Crippen molar-refractivity contribution in [1.29, 1.82) is 0 Å². The lowest BCUT2D eigenvalue weighted by Gasteiger charge is -2.19. The number of carbonyl (C=O) groups excluding carboxylic acids is 7. The molecule has 0 aromatic heterocycles. The van der Waals surface area contributed by atoms with Crippen LogP contribution in [0.1, 0.15) is 48.9 Å². The van der Waals surface area contributed by atoms with E-state index in [9.17, 15) is 38.7 Å². The van der Waals surface area contributed by atoms with Crippen LogP contribution < -0.4 is 30.2 Å². The number of rotatable bonds is 23. The number of nitrogens with one attached hydrogen (secondary N) is 3. The Kier molecular flexibility index (Phi) is 19.9. The normalized spacial score (nSPS) is 11.4. The maximum absolute atomic E-state index is 13.3. The first-order chi connectivity index (χ1) is 31.6. The second kappa shape index (κ2) is 26.0. The van der Waals surface area contributed by atoms with Gasteiger partial charge in [-0.2, -0.15) is 0 Å². The number of Topliss-reactive ketones (excluding diaryl/α,β-unsaturated/α-hetero) is 1. The van der Waals surface area contributed by atoms with Gasteiger partial charge in [-0.05, 0) is 110 Å². The molecule has 0 bridgehead atoms.